The number of aryl methyl sites for hydroxylation is 1. The lowest BCUT2D eigenvalue weighted by Crippen LogP contribution is -2.40. The molecule has 1 N–H and O–H groups in total. The molecular weight excluding hydrogens is 276 g/mol. The van der Waals surface area contributed by atoms with Gasteiger partial charge in [-0.05, 0) is 43.9 Å². The van der Waals surface area contributed by atoms with Crippen LogP contribution in [0.2, 0.25) is 0 Å². The lowest BCUT2D eigenvalue weighted by molar-refractivity contribution is -0.131. The van der Waals surface area contributed by atoms with E-state index in [2.05, 4.69) is 12.2 Å². The van der Waals surface area contributed by atoms with Gasteiger partial charge in [-0.2, -0.15) is 11.8 Å². The van der Waals surface area contributed by atoms with Crippen LogP contribution in [0.15, 0.2) is 16.5 Å². The van der Waals surface area contributed by atoms with E-state index >= 15 is 0 Å². The van der Waals surface area contributed by atoms with E-state index in [0.717, 1.165) is 23.7 Å². The molecule has 0 bridgehead atoms. The van der Waals surface area contributed by atoms with Gasteiger partial charge in [-0.1, -0.05) is 6.92 Å². The average Bonchev–Trinajstić information content (AvgIpc) is 2.92. The maximum atomic E-state index is 12.5. The minimum absolute atomic E-state index is 0.238. The van der Waals surface area contributed by atoms with Gasteiger partial charge >= 0.3 is 6.03 Å². The van der Waals surface area contributed by atoms with Gasteiger partial charge in [-0.25, -0.2) is 4.79 Å². The Kier molecular flexibility index (Phi) is 4.42. The minimum Gasteiger partial charge on any atom is -0.463 e. The molecule has 0 aromatic carbocycles. The molecule has 1 aromatic heterocycles. The molecule has 110 valence electrons. The Labute approximate surface area is 123 Å². The first-order valence-corrected chi connectivity index (χ1v) is 7.93. The lowest BCUT2D eigenvalue weighted by atomic mass is 9.99. The highest BCUT2D eigenvalue weighted by molar-refractivity contribution is 7.99. The second-order valence-corrected chi connectivity index (χ2v) is 6.37. The quantitative estimate of drug-likeness (QED) is 0.647. The smallest absolute Gasteiger partial charge is 0.325 e. The molecule has 3 amide bonds. The number of imide groups is 1. The number of rotatable bonds is 6. The van der Waals surface area contributed by atoms with Crippen LogP contribution < -0.4 is 5.32 Å². The van der Waals surface area contributed by atoms with Crippen LogP contribution in [0.25, 0.3) is 0 Å². The third-order valence-corrected chi connectivity index (χ3v) is 4.37. The predicted octanol–water partition coefficient (Wildman–Crippen LogP) is 2.50. The average molecular weight is 296 g/mol. The summed E-state index contributed by atoms with van der Waals surface area (Å²) in [7, 11) is 0. The van der Waals surface area contributed by atoms with Gasteiger partial charge in [0.1, 0.15) is 11.5 Å². The van der Waals surface area contributed by atoms with E-state index in [1.54, 1.807) is 30.8 Å². The van der Waals surface area contributed by atoms with Gasteiger partial charge in [0.05, 0.1) is 0 Å². The third kappa shape index (κ3) is 2.70. The fourth-order valence-electron chi connectivity index (χ4n) is 2.24. The van der Waals surface area contributed by atoms with Gasteiger partial charge in [-0.15, -0.1) is 0 Å². The zero-order chi connectivity index (χ0) is 14.8. The van der Waals surface area contributed by atoms with Crippen LogP contribution in [0.4, 0.5) is 4.79 Å². The molecule has 2 rings (SSSR count). The van der Waals surface area contributed by atoms with E-state index in [9.17, 15) is 9.59 Å². The molecule has 0 unspecified atom stereocenters. The number of amides is 3. The summed E-state index contributed by atoms with van der Waals surface area (Å²) in [5.74, 6) is 2.96. The SMILES string of the molecule is CCSCCCN1C(=O)N[C@](C)(c2ccc(C)o2)C1=O. The summed E-state index contributed by atoms with van der Waals surface area (Å²) in [6.07, 6.45) is 0.810. The summed E-state index contributed by atoms with van der Waals surface area (Å²) >= 11 is 1.81. The van der Waals surface area contributed by atoms with Crippen molar-refractivity contribution < 1.29 is 14.0 Å². The van der Waals surface area contributed by atoms with Crippen LogP contribution >= 0.6 is 11.8 Å². The summed E-state index contributed by atoms with van der Waals surface area (Å²) < 4.78 is 5.51. The van der Waals surface area contributed by atoms with Gasteiger partial charge < -0.3 is 9.73 Å². The molecule has 5 nitrogen and oxygen atoms in total. The van der Waals surface area contributed by atoms with Crippen molar-refractivity contribution in [3.8, 4) is 0 Å². The topological polar surface area (TPSA) is 62.6 Å². The molecule has 1 saturated heterocycles. The Morgan fingerprint density at radius 2 is 2.15 bits per heavy atom. The Morgan fingerprint density at radius 3 is 2.75 bits per heavy atom. The first kappa shape index (κ1) is 15.0. The van der Waals surface area contributed by atoms with Crippen molar-refractivity contribution in [2.75, 3.05) is 18.1 Å². The number of furan rings is 1. The molecule has 1 aliphatic heterocycles. The normalized spacial score (nSPS) is 22.4. The highest BCUT2D eigenvalue weighted by Crippen LogP contribution is 2.30. The Balaban J connectivity index is 2.08. The van der Waals surface area contributed by atoms with Gasteiger partial charge in [0.25, 0.3) is 5.91 Å². The van der Waals surface area contributed by atoms with E-state index in [0.29, 0.717) is 12.3 Å². The molecule has 0 saturated carbocycles. The number of nitrogens with one attached hydrogen (secondary N) is 1. The zero-order valence-electron chi connectivity index (χ0n) is 12.1. The summed E-state index contributed by atoms with van der Waals surface area (Å²) in [4.78, 5) is 25.8. The van der Waals surface area contributed by atoms with Crippen molar-refractivity contribution in [2.45, 2.75) is 32.7 Å². The maximum Gasteiger partial charge on any atom is 0.325 e. The first-order valence-electron chi connectivity index (χ1n) is 6.78. The monoisotopic (exact) mass is 296 g/mol. The van der Waals surface area contributed by atoms with Crippen molar-refractivity contribution >= 4 is 23.7 Å². The molecule has 20 heavy (non-hydrogen) atoms. The molecule has 1 aliphatic rings. The van der Waals surface area contributed by atoms with E-state index in [-0.39, 0.29) is 11.9 Å². The summed E-state index contributed by atoms with van der Waals surface area (Å²) in [6, 6.07) is 3.19. The van der Waals surface area contributed by atoms with Crippen LogP contribution in [-0.4, -0.2) is 34.9 Å². The van der Waals surface area contributed by atoms with Crippen LogP contribution in [0, 0.1) is 6.92 Å². The van der Waals surface area contributed by atoms with Gasteiger partial charge in [0, 0.05) is 6.54 Å². The first-order chi connectivity index (χ1) is 9.49. The Bertz CT molecular complexity index is 514. The van der Waals surface area contributed by atoms with E-state index in [4.69, 9.17) is 4.42 Å². The lowest BCUT2D eigenvalue weighted by Gasteiger charge is -2.19. The van der Waals surface area contributed by atoms with E-state index in [1.165, 1.54) is 4.90 Å². The number of nitrogens with zero attached hydrogens (tertiary/aromatic N) is 1. The fourth-order valence-corrected chi connectivity index (χ4v) is 2.86. The molecule has 1 fully saturated rings. The third-order valence-electron chi connectivity index (χ3n) is 3.38. The largest absolute Gasteiger partial charge is 0.463 e. The Morgan fingerprint density at radius 1 is 1.40 bits per heavy atom. The molecular formula is C14H20N2O3S. The molecule has 1 aromatic rings. The molecule has 1 atom stereocenters. The van der Waals surface area contributed by atoms with Crippen LogP contribution in [0.1, 0.15) is 31.8 Å². The van der Waals surface area contributed by atoms with E-state index in [1.807, 2.05) is 6.92 Å². The standard InChI is InChI=1S/C14H20N2O3S/c1-4-20-9-5-8-16-12(17)14(3,15-13(16)18)11-7-6-10(2)19-11/h6-7H,4-5,8-9H2,1-3H3,(H,15,18)/t14-/m1/s1. The highest BCUT2D eigenvalue weighted by Gasteiger charge is 2.50. The highest BCUT2D eigenvalue weighted by atomic mass is 32.2. The molecule has 2 heterocycles. The second-order valence-electron chi connectivity index (χ2n) is 4.97. The Hall–Kier alpha value is -1.43. The van der Waals surface area contributed by atoms with Crippen LogP contribution in [-0.2, 0) is 10.3 Å². The van der Waals surface area contributed by atoms with Crippen LogP contribution in [0.3, 0.4) is 0 Å². The van der Waals surface area contributed by atoms with Gasteiger partial charge in [0.15, 0.2) is 5.54 Å². The minimum atomic E-state index is -1.08. The van der Waals surface area contributed by atoms with E-state index < -0.39 is 5.54 Å². The second kappa shape index (κ2) is 5.91. The van der Waals surface area contributed by atoms with Gasteiger partial charge in [0.2, 0.25) is 0 Å². The van der Waals surface area contributed by atoms with Crippen molar-refractivity contribution in [1.29, 1.82) is 0 Å². The molecule has 0 aliphatic carbocycles. The summed E-state index contributed by atoms with van der Waals surface area (Å²) in [6.45, 7) is 6.04. The fraction of sp³-hybridized carbons (Fsp3) is 0.571. The molecule has 0 spiro atoms. The molecule has 0 radical (unpaired) electrons. The number of thioether (sulfide) groups is 1. The number of hydrogen-bond acceptors (Lipinski definition) is 4. The number of hydrogen-bond donors (Lipinski definition) is 1. The van der Waals surface area contributed by atoms with Crippen molar-refractivity contribution in [2.24, 2.45) is 0 Å². The number of carbonyl (C=O) groups excluding carboxylic acids is 2. The van der Waals surface area contributed by atoms with Crippen molar-refractivity contribution in [3.63, 3.8) is 0 Å². The summed E-state index contributed by atoms with van der Waals surface area (Å²) in [5, 5.41) is 2.74. The molecule has 6 heteroatoms. The maximum absolute atomic E-state index is 12.5. The van der Waals surface area contributed by atoms with Gasteiger partial charge in [-0.3, -0.25) is 9.69 Å². The zero-order valence-corrected chi connectivity index (χ0v) is 12.9. The van der Waals surface area contributed by atoms with Crippen molar-refractivity contribution in [1.82, 2.24) is 10.2 Å². The number of urea groups is 1. The number of carbonyl (C=O) groups is 2. The van der Waals surface area contributed by atoms with Crippen molar-refractivity contribution in [3.05, 3.63) is 23.7 Å². The van der Waals surface area contributed by atoms with Crippen LogP contribution in [0.5, 0.6) is 0 Å². The predicted molar refractivity (Wildman–Crippen MR) is 78.7 cm³/mol. The summed E-state index contributed by atoms with van der Waals surface area (Å²) in [5.41, 5.74) is -1.08.